The monoisotopic (exact) mass is 334 g/mol. The van der Waals surface area contributed by atoms with Gasteiger partial charge in [-0.2, -0.15) is 0 Å². The van der Waals surface area contributed by atoms with Gasteiger partial charge in [-0.25, -0.2) is 0 Å². The Kier molecular flexibility index (Phi) is 3.41. The fourth-order valence-electron chi connectivity index (χ4n) is 2.74. The van der Waals surface area contributed by atoms with Crippen LogP contribution in [0.15, 0.2) is 34.9 Å². The molecular weight excluding hydrogens is 316 g/mol. The van der Waals surface area contributed by atoms with Crippen LogP contribution < -0.4 is 4.74 Å². The molecule has 0 spiro atoms. The maximum absolute atomic E-state index is 5.75. The number of fused-ring (bicyclic) bond motifs is 1. The van der Waals surface area contributed by atoms with E-state index in [1.807, 2.05) is 6.07 Å². The Labute approximate surface area is 128 Å². The SMILES string of the molecule is CCc1occc1C(Br)c1ccc2c(c1)C(C)(C)CO2. The molecule has 0 fully saturated rings. The van der Waals surface area contributed by atoms with E-state index in [0.717, 1.165) is 24.5 Å². The molecule has 0 bridgehead atoms. The van der Waals surface area contributed by atoms with Crippen molar-refractivity contribution in [2.24, 2.45) is 0 Å². The Morgan fingerprint density at radius 3 is 2.85 bits per heavy atom. The van der Waals surface area contributed by atoms with Crippen LogP contribution in [0.1, 0.15) is 48.0 Å². The molecule has 1 aromatic carbocycles. The number of halogens is 1. The van der Waals surface area contributed by atoms with Gasteiger partial charge in [0.05, 0.1) is 17.7 Å². The van der Waals surface area contributed by atoms with E-state index in [2.05, 4.69) is 54.9 Å². The predicted octanol–water partition coefficient (Wildman–Crippen LogP) is 5.00. The third kappa shape index (κ3) is 2.18. The van der Waals surface area contributed by atoms with Gasteiger partial charge in [0, 0.05) is 23.0 Å². The Hall–Kier alpha value is -1.22. The lowest BCUT2D eigenvalue weighted by molar-refractivity contribution is 0.291. The first-order valence-corrected chi connectivity index (χ1v) is 7.92. The smallest absolute Gasteiger partial charge is 0.123 e. The lowest BCUT2D eigenvalue weighted by atomic mass is 9.85. The molecule has 1 atom stereocenters. The van der Waals surface area contributed by atoms with Crippen molar-refractivity contribution in [3.63, 3.8) is 0 Å². The van der Waals surface area contributed by atoms with E-state index >= 15 is 0 Å². The van der Waals surface area contributed by atoms with Crippen molar-refractivity contribution in [1.82, 2.24) is 0 Å². The highest BCUT2D eigenvalue weighted by molar-refractivity contribution is 9.09. The zero-order chi connectivity index (χ0) is 14.3. The topological polar surface area (TPSA) is 22.4 Å². The van der Waals surface area contributed by atoms with Crippen molar-refractivity contribution in [2.75, 3.05) is 6.61 Å². The minimum absolute atomic E-state index is 0.0854. The molecule has 2 heterocycles. The molecule has 3 heteroatoms. The number of benzene rings is 1. The number of furan rings is 1. The summed E-state index contributed by atoms with van der Waals surface area (Å²) in [6.07, 6.45) is 2.67. The summed E-state index contributed by atoms with van der Waals surface area (Å²) < 4.78 is 11.3. The van der Waals surface area contributed by atoms with Crippen LogP contribution >= 0.6 is 15.9 Å². The van der Waals surface area contributed by atoms with Crippen molar-refractivity contribution < 1.29 is 9.15 Å². The maximum atomic E-state index is 5.75. The van der Waals surface area contributed by atoms with E-state index in [0.29, 0.717) is 0 Å². The van der Waals surface area contributed by atoms with Crippen LogP contribution in [0.3, 0.4) is 0 Å². The maximum Gasteiger partial charge on any atom is 0.123 e. The summed E-state index contributed by atoms with van der Waals surface area (Å²) in [4.78, 5) is 0.165. The Bertz CT molecular complexity index is 628. The molecule has 106 valence electrons. The molecule has 0 N–H and O–H groups in total. The highest BCUT2D eigenvalue weighted by atomic mass is 79.9. The van der Waals surface area contributed by atoms with Gasteiger partial charge in [0.1, 0.15) is 11.5 Å². The first-order valence-electron chi connectivity index (χ1n) is 7.00. The van der Waals surface area contributed by atoms with Crippen LogP contribution in [0.5, 0.6) is 5.75 Å². The van der Waals surface area contributed by atoms with Crippen LogP contribution in [0.2, 0.25) is 0 Å². The van der Waals surface area contributed by atoms with Crippen molar-refractivity contribution in [2.45, 2.75) is 37.4 Å². The average Bonchev–Trinajstić information content (AvgIpc) is 3.03. The Morgan fingerprint density at radius 1 is 1.30 bits per heavy atom. The van der Waals surface area contributed by atoms with Gasteiger partial charge in [0.2, 0.25) is 0 Å². The zero-order valence-corrected chi connectivity index (χ0v) is 13.7. The van der Waals surface area contributed by atoms with Crippen molar-refractivity contribution >= 4 is 15.9 Å². The molecule has 1 aromatic heterocycles. The fraction of sp³-hybridized carbons (Fsp3) is 0.412. The van der Waals surface area contributed by atoms with E-state index in [9.17, 15) is 0 Å². The molecular formula is C17H19BrO2. The van der Waals surface area contributed by atoms with E-state index in [-0.39, 0.29) is 10.2 Å². The number of hydrogen-bond acceptors (Lipinski definition) is 2. The summed E-state index contributed by atoms with van der Waals surface area (Å²) in [6.45, 7) is 7.31. The quantitative estimate of drug-likeness (QED) is 0.737. The third-order valence-electron chi connectivity index (χ3n) is 3.99. The van der Waals surface area contributed by atoms with E-state index in [1.54, 1.807) is 6.26 Å². The van der Waals surface area contributed by atoms with Gasteiger partial charge in [-0.1, -0.05) is 42.8 Å². The molecule has 2 aromatic rings. The van der Waals surface area contributed by atoms with Gasteiger partial charge < -0.3 is 9.15 Å². The number of alkyl halides is 1. The largest absolute Gasteiger partial charge is 0.492 e. The number of rotatable bonds is 3. The molecule has 2 nitrogen and oxygen atoms in total. The molecule has 0 radical (unpaired) electrons. The van der Waals surface area contributed by atoms with Crippen molar-refractivity contribution in [1.29, 1.82) is 0 Å². The lowest BCUT2D eigenvalue weighted by Crippen LogP contribution is -2.18. The highest BCUT2D eigenvalue weighted by Gasteiger charge is 2.32. The van der Waals surface area contributed by atoms with Crippen LogP contribution in [0, 0.1) is 0 Å². The predicted molar refractivity (Wildman–Crippen MR) is 83.8 cm³/mol. The van der Waals surface area contributed by atoms with Crippen LogP contribution in [-0.2, 0) is 11.8 Å². The summed E-state index contributed by atoms with van der Waals surface area (Å²) in [5.74, 6) is 2.06. The Morgan fingerprint density at radius 2 is 2.10 bits per heavy atom. The summed E-state index contributed by atoms with van der Waals surface area (Å²) >= 11 is 3.81. The van der Waals surface area contributed by atoms with Crippen molar-refractivity contribution in [3.8, 4) is 5.75 Å². The number of hydrogen-bond donors (Lipinski definition) is 0. The second-order valence-electron chi connectivity index (χ2n) is 5.94. The van der Waals surface area contributed by atoms with Gasteiger partial charge in [-0.3, -0.25) is 0 Å². The first kappa shape index (κ1) is 13.7. The van der Waals surface area contributed by atoms with E-state index < -0.39 is 0 Å². The van der Waals surface area contributed by atoms with Crippen LogP contribution in [-0.4, -0.2) is 6.61 Å². The molecule has 20 heavy (non-hydrogen) atoms. The zero-order valence-electron chi connectivity index (χ0n) is 12.1. The average molecular weight is 335 g/mol. The number of ether oxygens (including phenoxy) is 1. The summed E-state index contributed by atoms with van der Waals surface area (Å²) in [6, 6.07) is 8.52. The lowest BCUT2D eigenvalue weighted by Gasteiger charge is -2.17. The van der Waals surface area contributed by atoms with Gasteiger partial charge in [0.15, 0.2) is 0 Å². The van der Waals surface area contributed by atoms with Crippen LogP contribution in [0.25, 0.3) is 0 Å². The molecule has 1 unspecified atom stereocenters. The molecule has 3 rings (SSSR count). The Balaban J connectivity index is 2.00. The normalized spacial score (nSPS) is 17.6. The highest BCUT2D eigenvalue weighted by Crippen LogP contribution is 2.42. The fourth-order valence-corrected chi connectivity index (χ4v) is 3.43. The minimum atomic E-state index is 0.0854. The summed E-state index contributed by atoms with van der Waals surface area (Å²) in [7, 11) is 0. The summed E-state index contributed by atoms with van der Waals surface area (Å²) in [5.41, 5.74) is 3.84. The summed E-state index contributed by atoms with van der Waals surface area (Å²) in [5, 5.41) is 0. The van der Waals surface area contributed by atoms with Gasteiger partial charge in [-0.15, -0.1) is 0 Å². The molecule has 1 aliphatic heterocycles. The second-order valence-corrected chi connectivity index (χ2v) is 6.86. The van der Waals surface area contributed by atoms with Gasteiger partial charge in [-0.05, 0) is 23.8 Å². The van der Waals surface area contributed by atoms with E-state index in [1.165, 1.54) is 16.7 Å². The van der Waals surface area contributed by atoms with Gasteiger partial charge >= 0.3 is 0 Å². The molecule has 0 amide bonds. The molecule has 1 aliphatic rings. The van der Waals surface area contributed by atoms with Gasteiger partial charge in [0.25, 0.3) is 0 Å². The standard InChI is InChI=1S/C17H19BrO2/c1-4-14-12(7-8-19-14)16(18)11-5-6-15-13(9-11)17(2,3)10-20-15/h5-9,16H,4,10H2,1-3H3. The molecule has 0 saturated heterocycles. The first-order chi connectivity index (χ1) is 9.53. The minimum Gasteiger partial charge on any atom is -0.492 e. The third-order valence-corrected chi connectivity index (χ3v) is 5.01. The number of aryl methyl sites for hydroxylation is 1. The molecule has 0 saturated carbocycles. The van der Waals surface area contributed by atoms with E-state index in [4.69, 9.17) is 9.15 Å². The molecule has 0 aliphatic carbocycles. The van der Waals surface area contributed by atoms with Crippen LogP contribution in [0.4, 0.5) is 0 Å². The second kappa shape index (κ2) is 4.96. The van der Waals surface area contributed by atoms with Crippen molar-refractivity contribution in [3.05, 3.63) is 53.0 Å².